The minimum absolute atomic E-state index is 0.116. The molecule has 0 aliphatic rings. The van der Waals surface area contributed by atoms with Crippen LogP contribution in [0.5, 0.6) is 0 Å². The van der Waals surface area contributed by atoms with Crippen LogP contribution in [-0.2, 0) is 0 Å². The molecule has 13 heteroatoms. The maximum absolute atomic E-state index is 14.3. The predicted octanol–water partition coefficient (Wildman–Crippen LogP) is 4.16. The van der Waals surface area contributed by atoms with Crippen molar-refractivity contribution in [2.75, 3.05) is 24.7 Å². The first kappa shape index (κ1) is 24.6. The van der Waals surface area contributed by atoms with Crippen molar-refractivity contribution in [1.29, 1.82) is 0 Å². The molecule has 0 radical (unpaired) electrons. The lowest BCUT2D eigenvalue weighted by atomic mass is 10.0. The van der Waals surface area contributed by atoms with Gasteiger partial charge in [0, 0.05) is 26.5 Å². The molecule has 0 aliphatic carbocycles. The summed E-state index contributed by atoms with van der Waals surface area (Å²) in [5, 5.41) is 6.16. The molecule has 0 aliphatic heterocycles. The van der Waals surface area contributed by atoms with Gasteiger partial charge in [-0.25, -0.2) is 33.4 Å². The fourth-order valence-corrected chi connectivity index (χ4v) is 5.31. The van der Waals surface area contributed by atoms with Gasteiger partial charge in [-0.15, -0.1) is 0 Å². The molecular weight excluding hydrogens is 524 g/mol. The average molecular weight is 546 g/mol. The van der Waals surface area contributed by atoms with Crippen LogP contribution in [0.3, 0.4) is 0 Å². The minimum atomic E-state index is -0.669. The van der Waals surface area contributed by atoms with Crippen molar-refractivity contribution in [3.63, 3.8) is 0 Å². The molecule has 0 saturated heterocycles. The van der Waals surface area contributed by atoms with Crippen LogP contribution >= 0.6 is 11.3 Å². The molecule has 2 N–H and O–H groups in total. The van der Waals surface area contributed by atoms with Gasteiger partial charge in [0.25, 0.3) is 5.56 Å². The number of halogens is 2. The second-order valence-corrected chi connectivity index (χ2v) is 10.1. The Morgan fingerprint density at radius 2 is 1.90 bits per heavy atom. The molecule has 10 nitrogen and oxygen atoms in total. The van der Waals surface area contributed by atoms with E-state index in [1.165, 1.54) is 48.0 Å². The largest absolute Gasteiger partial charge is 0.383 e. The Morgan fingerprint density at radius 1 is 1.08 bits per heavy atom. The fraction of sp³-hybridized carbons (Fsp3) is 0.154. The van der Waals surface area contributed by atoms with Gasteiger partial charge in [0.15, 0.2) is 10.8 Å². The van der Waals surface area contributed by atoms with Gasteiger partial charge in [0.2, 0.25) is 0 Å². The second-order valence-electron chi connectivity index (χ2n) is 9.09. The first-order valence-corrected chi connectivity index (χ1v) is 12.6. The van der Waals surface area contributed by atoms with Crippen LogP contribution in [-0.4, -0.2) is 48.2 Å². The first-order valence-electron chi connectivity index (χ1n) is 11.8. The number of benzene rings is 1. The number of fused-ring (bicyclic) bond motifs is 2. The third-order valence-electron chi connectivity index (χ3n) is 6.32. The van der Waals surface area contributed by atoms with Crippen molar-refractivity contribution in [3.8, 4) is 21.7 Å². The zero-order valence-corrected chi connectivity index (χ0v) is 21.8. The molecule has 196 valence electrons. The number of thiazole rings is 1. The third-order valence-corrected chi connectivity index (χ3v) is 7.49. The maximum atomic E-state index is 14.3. The van der Waals surface area contributed by atoms with E-state index < -0.39 is 23.2 Å². The van der Waals surface area contributed by atoms with Gasteiger partial charge >= 0.3 is 0 Å². The predicted molar refractivity (Wildman–Crippen MR) is 146 cm³/mol. The van der Waals surface area contributed by atoms with Crippen LogP contribution in [0.2, 0.25) is 0 Å². The Labute approximate surface area is 224 Å². The molecular formula is C26H21F2N9OS. The lowest BCUT2D eigenvalue weighted by Crippen LogP contribution is -2.23. The van der Waals surface area contributed by atoms with Gasteiger partial charge in [-0.2, -0.15) is 5.10 Å². The third kappa shape index (κ3) is 4.07. The number of aromatic nitrogens is 7. The first-order chi connectivity index (χ1) is 18.7. The molecule has 1 aromatic carbocycles. The monoisotopic (exact) mass is 545 g/mol. The van der Waals surface area contributed by atoms with Crippen LogP contribution in [0.25, 0.3) is 38.4 Å². The minimum Gasteiger partial charge on any atom is -0.383 e. The highest BCUT2D eigenvalue weighted by Crippen LogP contribution is 2.38. The zero-order valence-electron chi connectivity index (χ0n) is 21.0. The molecule has 1 unspecified atom stereocenters. The van der Waals surface area contributed by atoms with Crippen molar-refractivity contribution in [2.45, 2.75) is 13.0 Å². The smallest absolute Gasteiger partial charge is 0.266 e. The van der Waals surface area contributed by atoms with Crippen molar-refractivity contribution in [1.82, 2.24) is 34.1 Å². The standard InChI is InChI=1S/C26H21F2N9OS/c1-13(37-24-20(23(29)31-12-32-24)22(34-37)17-10-30-26(39-17)35(2)3)21-19(14-5-4-6-15(27)9-14)25(38)36-11-16(28)7-8-18(36)33-21/h4-13H,1-3H3,(H2,29,31,32). The van der Waals surface area contributed by atoms with E-state index >= 15 is 0 Å². The number of nitrogens with two attached hydrogens (primary N) is 1. The Morgan fingerprint density at radius 3 is 2.64 bits per heavy atom. The lowest BCUT2D eigenvalue weighted by Gasteiger charge is -2.18. The Balaban J connectivity index is 1.63. The lowest BCUT2D eigenvalue weighted by molar-refractivity contribution is 0.566. The molecule has 0 bridgehead atoms. The van der Waals surface area contributed by atoms with E-state index in [4.69, 9.17) is 15.8 Å². The number of nitrogens with zero attached hydrogens (tertiary/aromatic N) is 8. The van der Waals surface area contributed by atoms with Crippen LogP contribution in [0.15, 0.2) is 59.9 Å². The molecule has 1 atom stereocenters. The second kappa shape index (κ2) is 9.20. The molecule has 6 aromatic rings. The Kier molecular flexibility index (Phi) is 5.79. The molecule has 6 rings (SSSR count). The summed E-state index contributed by atoms with van der Waals surface area (Å²) < 4.78 is 31.1. The zero-order chi connectivity index (χ0) is 27.4. The van der Waals surface area contributed by atoms with Crippen molar-refractivity contribution >= 4 is 39.0 Å². The van der Waals surface area contributed by atoms with Crippen molar-refractivity contribution in [2.24, 2.45) is 0 Å². The van der Waals surface area contributed by atoms with Gasteiger partial charge in [-0.1, -0.05) is 23.5 Å². The summed E-state index contributed by atoms with van der Waals surface area (Å²) in [5.74, 6) is -0.890. The highest BCUT2D eigenvalue weighted by atomic mass is 32.1. The van der Waals surface area contributed by atoms with E-state index in [0.717, 1.165) is 20.6 Å². The summed E-state index contributed by atoms with van der Waals surface area (Å²) >= 11 is 1.43. The fourth-order valence-electron chi connectivity index (χ4n) is 4.48. The number of pyridine rings is 1. The van der Waals surface area contributed by atoms with E-state index in [9.17, 15) is 13.6 Å². The van der Waals surface area contributed by atoms with Gasteiger partial charge in [-0.05, 0) is 36.8 Å². The molecule has 39 heavy (non-hydrogen) atoms. The number of anilines is 2. The highest BCUT2D eigenvalue weighted by molar-refractivity contribution is 7.19. The molecule has 0 spiro atoms. The maximum Gasteiger partial charge on any atom is 0.266 e. The Hall–Kier alpha value is -4.78. The summed E-state index contributed by atoms with van der Waals surface area (Å²) in [6.07, 6.45) is 4.10. The average Bonchev–Trinajstić information content (AvgIpc) is 3.55. The number of hydrogen-bond donors (Lipinski definition) is 1. The van der Waals surface area contributed by atoms with Crippen LogP contribution in [0.1, 0.15) is 18.7 Å². The molecule has 5 heterocycles. The number of nitrogen functional groups attached to an aromatic ring is 1. The summed E-state index contributed by atoms with van der Waals surface area (Å²) in [4.78, 5) is 34.1. The van der Waals surface area contributed by atoms with E-state index in [-0.39, 0.29) is 17.0 Å². The quantitative estimate of drug-likeness (QED) is 0.343. The number of rotatable bonds is 5. The number of hydrogen-bond acceptors (Lipinski definition) is 9. The van der Waals surface area contributed by atoms with E-state index in [2.05, 4.69) is 15.0 Å². The summed E-state index contributed by atoms with van der Waals surface area (Å²) in [7, 11) is 3.78. The van der Waals surface area contributed by atoms with E-state index in [1.807, 2.05) is 19.0 Å². The molecule has 0 amide bonds. The van der Waals surface area contributed by atoms with Gasteiger partial charge < -0.3 is 10.6 Å². The summed E-state index contributed by atoms with van der Waals surface area (Å²) in [6, 6.07) is 7.60. The van der Waals surface area contributed by atoms with E-state index in [1.54, 1.807) is 23.9 Å². The van der Waals surface area contributed by atoms with Gasteiger partial charge in [-0.3, -0.25) is 9.20 Å². The van der Waals surface area contributed by atoms with Crippen molar-refractivity contribution < 1.29 is 8.78 Å². The molecule has 0 fully saturated rings. The molecule has 5 aromatic heterocycles. The Bertz CT molecular complexity index is 1950. The summed E-state index contributed by atoms with van der Waals surface area (Å²) in [5.41, 5.74) is 7.66. The normalized spacial score (nSPS) is 12.3. The van der Waals surface area contributed by atoms with Crippen molar-refractivity contribution in [3.05, 3.63) is 82.8 Å². The SMILES string of the molecule is CC(c1nc2ccc(F)cn2c(=O)c1-c1cccc(F)c1)n1nc(-c2cnc(N(C)C)s2)c2c(N)ncnc21. The topological polar surface area (TPSA) is 120 Å². The van der Waals surface area contributed by atoms with E-state index in [0.29, 0.717) is 28.0 Å². The highest BCUT2D eigenvalue weighted by Gasteiger charge is 2.27. The van der Waals surface area contributed by atoms with Gasteiger partial charge in [0.05, 0.1) is 27.6 Å². The van der Waals surface area contributed by atoms with Crippen LogP contribution in [0.4, 0.5) is 19.7 Å². The molecule has 0 saturated carbocycles. The van der Waals surface area contributed by atoms with Crippen LogP contribution in [0, 0.1) is 11.6 Å². The van der Waals surface area contributed by atoms with Gasteiger partial charge in [0.1, 0.15) is 35.1 Å². The summed E-state index contributed by atoms with van der Waals surface area (Å²) in [6.45, 7) is 1.80. The van der Waals surface area contributed by atoms with Crippen LogP contribution < -0.4 is 16.2 Å².